The maximum absolute atomic E-state index is 10.6. The van der Waals surface area contributed by atoms with Gasteiger partial charge >= 0.3 is 11.0 Å². The number of carboxylic acids is 1. The molecule has 14 heavy (non-hydrogen) atoms. The Morgan fingerprint density at radius 1 is 1.64 bits per heavy atom. The van der Waals surface area contributed by atoms with Crippen LogP contribution >= 0.6 is 11.3 Å². The number of carboxylic acid groups (broad SMARTS) is 1. The topological polar surface area (TPSA) is 83.7 Å². The Hall–Kier alpha value is -1.63. The lowest BCUT2D eigenvalue weighted by atomic mass is 10.4. The number of nitro groups is 1. The van der Waals surface area contributed by atoms with E-state index in [-0.39, 0.29) is 9.88 Å². The Bertz CT molecular complexity index is 385. The molecule has 1 aromatic rings. The molecule has 7 heteroatoms. The Labute approximate surface area is 83.5 Å². The Balaban J connectivity index is 3.26. The fourth-order valence-corrected chi connectivity index (χ4v) is 1.82. The van der Waals surface area contributed by atoms with Gasteiger partial charge in [0.25, 0.3) is 0 Å². The second-order valence-electron chi connectivity index (χ2n) is 2.76. The standard InChI is InChI=1S/C7H8N2O4S/c1-8(2)4-3-5(7(10)11)14-6(4)9(12)13/h3H,1-2H3,(H,10,11). The number of nitrogens with zero attached hydrogens (tertiary/aromatic N) is 2. The Kier molecular flexibility index (Phi) is 2.70. The molecule has 0 aliphatic heterocycles. The van der Waals surface area contributed by atoms with Crippen molar-refractivity contribution in [3.05, 3.63) is 21.1 Å². The summed E-state index contributed by atoms with van der Waals surface area (Å²) in [5.74, 6) is -1.15. The van der Waals surface area contributed by atoms with Crippen LogP contribution in [0.15, 0.2) is 6.07 Å². The average Bonchev–Trinajstić information content (AvgIpc) is 2.47. The minimum Gasteiger partial charge on any atom is -0.477 e. The number of carbonyl (C=O) groups is 1. The lowest BCUT2D eigenvalue weighted by molar-refractivity contribution is -0.379. The lowest BCUT2D eigenvalue weighted by Crippen LogP contribution is -2.09. The van der Waals surface area contributed by atoms with E-state index in [4.69, 9.17) is 5.11 Å². The summed E-state index contributed by atoms with van der Waals surface area (Å²) in [6.07, 6.45) is 0. The average molecular weight is 216 g/mol. The first-order valence-electron chi connectivity index (χ1n) is 3.62. The van der Waals surface area contributed by atoms with E-state index in [1.807, 2.05) is 0 Å². The largest absolute Gasteiger partial charge is 0.477 e. The van der Waals surface area contributed by atoms with Crippen molar-refractivity contribution in [3.8, 4) is 0 Å². The third kappa shape index (κ3) is 1.82. The van der Waals surface area contributed by atoms with Crippen LogP contribution in [0, 0.1) is 10.1 Å². The van der Waals surface area contributed by atoms with Gasteiger partial charge in [-0.2, -0.15) is 0 Å². The molecular formula is C7H8N2O4S. The van der Waals surface area contributed by atoms with E-state index in [9.17, 15) is 14.9 Å². The summed E-state index contributed by atoms with van der Waals surface area (Å²) in [5, 5.41) is 19.1. The number of thiophene rings is 1. The van der Waals surface area contributed by atoms with Crippen LogP contribution in [0.1, 0.15) is 9.67 Å². The van der Waals surface area contributed by atoms with Gasteiger partial charge < -0.3 is 10.0 Å². The van der Waals surface area contributed by atoms with Gasteiger partial charge in [0, 0.05) is 14.1 Å². The second-order valence-corrected chi connectivity index (χ2v) is 3.79. The molecule has 1 heterocycles. The van der Waals surface area contributed by atoms with Gasteiger partial charge in [-0.1, -0.05) is 11.3 Å². The summed E-state index contributed by atoms with van der Waals surface area (Å²) in [6.45, 7) is 0. The quantitative estimate of drug-likeness (QED) is 0.610. The van der Waals surface area contributed by atoms with Crippen LogP contribution in [-0.4, -0.2) is 30.1 Å². The molecule has 0 fully saturated rings. The monoisotopic (exact) mass is 216 g/mol. The van der Waals surface area contributed by atoms with Crippen LogP contribution in [0.3, 0.4) is 0 Å². The van der Waals surface area contributed by atoms with Gasteiger partial charge in [-0.25, -0.2) is 4.79 Å². The Morgan fingerprint density at radius 3 is 2.50 bits per heavy atom. The first-order chi connectivity index (χ1) is 6.43. The van der Waals surface area contributed by atoms with Crippen molar-refractivity contribution in [2.24, 2.45) is 0 Å². The van der Waals surface area contributed by atoms with Gasteiger partial charge in [0.05, 0.1) is 4.92 Å². The Morgan fingerprint density at radius 2 is 2.21 bits per heavy atom. The predicted octanol–water partition coefficient (Wildman–Crippen LogP) is 1.42. The van der Waals surface area contributed by atoms with Crippen molar-refractivity contribution in [3.63, 3.8) is 0 Å². The molecule has 1 N–H and O–H groups in total. The fraction of sp³-hybridized carbons (Fsp3) is 0.286. The van der Waals surface area contributed by atoms with Crippen molar-refractivity contribution >= 4 is 28.0 Å². The molecule has 0 aromatic carbocycles. The highest BCUT2D eigenvalue weighted by atomic mass is 32.1. The van der Waals surface area contributed by atoms with Gasteiger partial charge in [-0.3, -0.25) is 10.1 Å². The lowest BCUT2D eigenvalue weighted by Gasteiger charge is -2.07. The number of hydrogen-bond acceptors (Lipinski definition) is 5. The predicted molar refractivity (Wildman–Crippen MR) is 52.3 cm³/mol. The van der Waals surface area contributed by atoms with E-state index in [0.29, 0.717) is 17.0 Å². The summed E-state index contributed by atoms with van der Waals surface area (Å²) in [4.78, 5) is 22.1. The minimum atomic E-state index is -1.15. The van der Waals surface area contributed by atoms with E-state index in [0.717, 1.165) is 0 Å². The second kappa shape index (κ2) is 3.62. The maximum atomic E-state index is 10.6. The van der Waals surface area contributed by atoms with Crippen LogP contribution in [0.25, 0.3) is 0 Å². The fourth-order valence-electron chi connectivity index (χ4n) is 0.928. The molecule has 0 aliphatic carbocycles. The van der Waals surface area contributed by atoms with E-state index in [1.54, 1.807) is 14.1 Å². The molecule has 0 spiro atoms. The first-order valence-corrected chi connectivity index (χ1v) is 4.44. The SMILES string of the molecule is CN(C)c1cc(C(=O)O)sc1[N+](=O)[O-]. The molecule has 1 aromatic heterocycles. The zero-order valence-electron chi connectivity index (χ0n) is 7.55. The van der Waals surface area contributed by atoms with E-state index in [2.05, 4.69) is 0 Å². The summed E-state index contributed by atoms with van der Waals surface area (Å²) < 4.78 is 0. The van der Waals surface area contributed by atoms with Crippen LogP contribution in [0.2, 0.25) is 0 Å². The molecule has 0 bridgehead atoms. The molecule has 0 saturated heterocycles. The molecule has 0 amide bonds. The summed E-state index contributed by atoms with van der Waals surface area (Å²) in [6, 6.07) is 1.30. The smallest absolute Gasteiger partial charge is 0.348 e. The van der Waals surface area contributed by atoms with Gasteiger partial charge in [0.1, 0.15) is 10.6 Å². The number of anilines is 1. The zero-order valence-corrected chi connectivity index (χ0v) is 8.37. The van der Waals surface area contributed by atoms with Crippen molar-refractivity contribution in [1.29, 1.82) is 0 Å². The zero-order chi connectivity index (χ0) is 10.9. The highest BCUT2D eigenvalue weighted by Gasteiger charge is 2.23. The number of hydrogen-bond donors (Lipinski definition) is 1. The summed E-state index contributed by atoms with van der Waals surface area (Å²) in [7, 11) is 3.25. The van der Waals surface area contributed by atoms with Crippen LogP contribution in [0.4, 0.5) is 10.7 Å². The third-order valence-corrected chi connectivity index (χ3v) is 2.62. The molecule has 0 radical (unpaired) electrons. The molecular weight excluding hydrogens is 208 g/mol. The summed E-state index contributed by atoms with van der Waals surface area (Å²) >= 11 is 0.664. The van der Waals surface area contributed by atoms with E-state index in [1.165, 1.54) is 11.0 Å². The summed E-state index contributed by atoms with van der Waals surface area (Å²) in [5.41, 5.74) is 0.317. The van der Waals surface area contributed by atoms with Crippen molar-refractivity contribution in [2.75, 3.05) is 19.0 Å². The van der Waals surface area contributed by atoms with Crippen LogP contribution in [-0.2, 0) is 0 Å². The molecule has 0 unspecified atom stereocenters. The normalized spacial score (nSPS) is 9.86. The van der Waals surface area contributed by atoms with Gasteiger partial charge in [0.15, 0.2) is 0 Å². The number of rotatable bonds is 3. The molecule has 76 valence electrons. The minimum absolute atomic E-state index is 0.0274. The molecule has 0 saturated carbocycles. The molecule has 0 atom stereocenters. The van der Waals surface area contributed by atoms with Crippen molar-refractivity contribution < 1.29 is 14.8 Å². The van der Waals surface area contributed by atoms with Crippen LogP contribution < -0.4 is 4.90 Å². The number of aromatic carboxylic acids is 1. The van der Waals surface area contributed by atoms with Gasteiger partial charge in [0.2, 0.25) is 0 Å². The highest BCUT2D eigenvalue weighted by molar-refractivity contribution is 7.17. The highest BCUT2D eigenvalue weighted by Crippen LogP contribution is 2.36. The van der Waals surface area contributed by atoms with E-state index >= 15 is 0 Å². The molecule has 6 nitrogen and oxygen atoms in total. The van der Waals surface area contributed by atoms with Crippen molar-refractivity contribution in [1.82, 2.24) is 0 Å². The molecule has 0 aliphatic rings. The molecule has 1 rings (SSSR count). The maximum Gasteiger partial charge on any atom is 0.348 e. The van der Waals surface area contributed by atoms with Gasteiger partial charge in [-0.15, -0.1) is 0 Å². The van der Waals surface area contributed by atoms with Gasteiger partial charge in [-0.05, 0) is 6.07 Å². The van der Waals surface area contributed by atoms with Crippen LogP contribution in [0.5, 0.6) is 0 Å². The third-order valence-electron chi connectivity index (χ3n) is 1.55. The van der Waals surface area contributed by atoms with Crippen molar-refractivity contribution in [2.45, 2.75) is 0 Å². The van der Waals surface area contributed by atoms with E-state index < -0.39 is 10.9 Å². The first kappa shape index (κ1) is 10.5.